The minimum absolute atomic E-state index is 0.0469. The van der Waals surface area contributed by atoms with Crippen LogP contribution < -0.4 is 9.46 Å². The maximum Gasteiger partial charge on any atom is 0.261 e. The molecule has 10 nitrogen and oxygen atoms in total. The standard InChI is InChI=1S/C36H53N3O7S/c1-25-14-17-31(18-15-25)47(43,44)37-30-16-19-33-32(21-30)36(42)39(27(3)24-40)22-26(2)34(45-20-10-9-11-28(4)46-33)23-38(5)35(41)29-12-7-6-8-13-29/h14-19,21,26-29,34,37,40H,6-13,20,22-24H2,1-5H3/t26-,27-,28+,34+/m1/s1. The molecule has 2 aliphatic rings. The minimum atomic E-state index is -3.92. The molecule has 0 unspecified atom stereocenters. The quantitative estimate of drug-likeness (QED) is 0.373. The maximum atomic E-state index is 14.4. The lowest BCUT2D eigenvalue weighted by atomic mass is 9.88. The first kappa shape index (κ1) is 36.7. The maximum absolute atomic E-state index is 14.4. The molecule has 0 aromatic heterocycles. The van der Waals surface area contributed by atoms with Crippen LogP contribution in [-0.2, 0) is 19.6 Å². The number of aryl methyl sites for hydroxylation is 1. The normalized spacial score (nSPS) is 22.8. The van der Waals surface area contributed by atoms with Crippen LogP contribution in [0, 0.1) is 18.8 Å². The van der Waals surface area contributed by atoms with Gasteiger partial charge in [0.15, 0.2) is 0 Å². The average molecular weight is 672 g/mol. The summed E-state index contributed by atoms with van der Waals surface area (Å²) in [7, 11) is -2.08. The fourth-order valence-corrected chi connectivity index (χ4v) is 7.45. The van der Waals surface area contributed by atoms with E-state index in [9.17, 15) is 23.1 Å². The van der Waals surface area contributed by atoms with Gasteiger partial charge in [0.1, 0.15) is 5.75 Å². The van der Waals surface area contributed by atoms with Crippen LogP contribution in [0.4, 0.5) is 5.69 Å². The fourth-order valence-electron chi connectivity index (χ4n) is 6.40. The third-order valence-electron chi connectivity index (χ3n) is 9.42. The van der Waals surface area contributed by atoms with E-state index >= 15 is 0 Å². The number of nitrogens with one attached hydrogen (secondary N) is 1. The number of ether oxygens (including phenoxy) is 2. The topological polar surface area (TPSA) is 125 Å². The van der Waals surface area contributed by atoms with E-state index in [2.05, 4.69) is 4.72 Å². The highest BCUT2D eigenvalue weighted by Gasteiger charge is 2.32. The van der Waals surface area contributed by atoms with Gasteiger partial charge in [0, 0.05) is 44.3 Å². The SMILES string of the molecule is Cc1ccc(S(=O)(=O)Nc2ccc3c(c2)C(=O)N([C@H](C)CO)C[C@@H](C)[C@H](CN(C)C(=O)C2CCCCC2)OCCCC[C@H](C)O3)cc1. The Morgan fingerprint density at radius 3 is 2.40 bits per heavy atom. The lowest BCUT2D eigenvalue weighted by Gasteiger charge is -2.36. The zero-order chi connectivity index (χ0) is 34.1. The second-order valence-electron chi connectivity index (χ2n) is 13.5. The van der Waals surface area contributed by atoms with Crippen LogP contribution in [0.3, 0.4) is 0 Å². The van der Waals surface area contributed by atoms with Crippen molar-refractivity contribution in [1.29, 1.82) is 0 Å². The molecule has 4 atom stereocenters. The molecule has 11 heteroatoms. The van der Waals surface area contributed by atoms with Gasteiger partial charge < -0.3 is 24.4 Å². The monoisotopic (exact) mass is 671 g/mol. The number of sulfonamides is 1. The first-order chi connectivity index (χ1) is 22.4. The smallest absolute Gasteiger partial charge is 0.261 e. The summed E-state index contributed by atoms with van der Waals surface area (Å²) < 4.78 is 41.7. The number of rotatable bonds is 8. The Kier molecular flexibility index (Phi) is 13.1. The van der Waals surface area contributed by atoms with Gasteiger partial charge in [-0.1, -0.05) is 43.9 Å². The largest absolute Gasteiger partial charge is 0.490 e. The molecule has 2 aromatic carbocycles. The average Bonchev–Trinajstić information content (AvgIpc) is 3.06. The summed E-state index contributed by atoms with van der Waals surface area (Å²) in [5, 5.41) is 10.2. The molecule has 0 bridgehead atoms. The molecule has 47 heavy (non-hydrogen) atoms. The van der Waals surface area contributed by atoms with E-state index in [1.807, 2.05) is 27.8 Å². The van der Waals surface area contributed by atoms with Gasteiger partial charge >= 0.3 is 0 Å². The zero-order valence-electron chi connectivity index (χ0n) is 28.6. The van der Waals surface area contributed by atoms with Crippen molar-refractivity contribution in [2.75, 3.05) is 38.1 Å². The molecule has 1 heterocycles. The van der Waals surface area contributed by atoms with E-state index in [1.54, 1.807) is 41.0 Å². The number of anilines is 1. The summed E-state index contributed by atoms with van der Waals surface area (Å²) in [6, 6.07) is 10.7. The van der Waals surface area contributed by atoms with E-state index < -0.39 is 16.1 Å². The van der Waals surface area contributed by atoms with Gasteiger partial charge in [-0.05, 0) is 83.2 Å². The van der Waals surface area contributed by atoms with E-state index in [-0.39, 0.29) is 65.2 Å². The number of carbonyl (C=O) groups is 2. The van der Waals surface area contributed by atoms with Crippen molar-refractivity contribution in [2.45, 2.75) is 102 Å². The summed E-state index contributed by atoms with van der Waals surface area (Å²) in [5.41, 5.74) is 1.37. The van der Waals surface area contributed by atoms with Crippen molar-refractivity contribution in [2.24, 2.45) is 11.8 Å². The van der Waals surface area contributed by atoms with Crippen molar-refractivity contribution in [3.63, 3.8) is 0 Å². The van der Waals surface area contributed by atoms with Gasteiger partial charge in [0.2, 0.25) is 5.91 Å². The molecule has 1 aliphatic heterocycles. The number of nitrogens with zero attached hydrogens (tertiary/aromatic N) is 2. The Labute approximate surface area is 280 Å². The van der Waals surface area contributed by atoms with Crippen LogP contribution in [0.5, 0.6) is 5.75 Å². The molecule has 4 rings (SSSR count). The summed E-state index contributed by atoms with van der Waals surface area (Å²) in [6.45, 7) is 8.53. The van der Waals surface area contributed by atoms with Gasteiger partial charge in [0.25, 0.3) is 15.9 Å². The van der Waals surface area contributed by atoms with Crippen LogP contribution in [0.1, 0.15) is 88.1 Å². The number of aliphatic hydroxyl groups is 1. The molecule has 2 amide bonds. The molecule has 260 valence electrons. The summed E-state index contributed by atoms with van der Waals surface area (Å²) in [5.74, 6) is -0.0163. The molecular weight excluding hydrogens is 618 g/mol. The number of amides is 2. The number of benzene rings is 2. The zero-order valence-corrected chi connectivity index (χ0v) is 29.4. The minimum Gasteiger partial charge on any atom is -0.490 e. The van der Waals surface area contributed by atoms with Crippen LogP contribution >= 0.6 is 0 Å². The number of hydrogen-bond donors (Lipinski definition) is 2. The van der Waals surface area contributed by atoms with Gasteiger partial charge in [0.05, 0.1) is 35.3 Å². The molecule has 0 spiro atoms. The van der Waals surface area contributed by atoms with Gasteiger partial charge in [-0.3, -0.25) is 14.3 Å². The Morgan fingerprint density at radius 2 is 1.72 bits per heavy atom. The highest BCUT2D eigenvalue weighted by Crippen LogP contribution is 2.30. The first-order valence-electron chi connectivity index (χ1n) is 17.1. The van der Waals surface area contributed by atoms with Gasteiger partial charge in [-0.25, -0.2) is 8.42 Å². The Balaban J connectivity index is 1.64. The van der Waals surface area contributed by atoms with Gasteiger partial charge in [-0.2, -0.15) is 0 Å². The number of carbonyl (C=O) groups excluding carboxylic acids is 2. The van der Waals surface area contributed by atoms with Crippen molar-refractivity contribution >= 4 is 27.5 Å². The van der Waals surface area contributed by atoms with E-state index in [0.717, 1.165) is 50.5 Å². The van der Waals surface area contributed by atoms with Crippen LogP contribution in [0.25, 0.3) is 0 Å². The molecule has 2 N–H and O–H groups in total. The van der Waals surface area contributed by atoms with E-state index in [1.165, 1.54) is 24.6 Å². The Hall–Kier alpha value is -3.15. The predicted octanol–water partition coefficient (Wildman–Crippen LogP) is 5.63. The van der Waals surface area contributed by atoms with Crippen LogP contribution in [0.2, 0.25) is 0 Å². The van der Waals surface area contributed by atoms with E-state index in [0.29, 0.717) is 18.9 Å². The summed E-state index contributed by atoms with van der Waals surface area (Å²) >= 11 is 0. The molecule has 1 fully saturated rings. The lowest BCUT2D eigenvalue weighted by molar-refractivity contribution is -0.137. The molecule has 1 aliphatic carbocycles. The Bertz CT molecular complexity index is 1440. The number of likely N-dealkylation sites (N-methyl/N-ethyl adjacent to an activating group) is 1. The number of hydrogen-bond acceptors (Lipinski definition) is 7. The third-order valence-corrected chi connectivity index (χ3v) is 10.8. The van der Waals surface area contributed by atoms with Crippen molar-refractivity contribution in [1.82, 2.24) is 9.80 Å². The summed E-state index contributed by atoms with van der Waals surface area (Å²) in [6.07, 6.45) is 7.04. The lowest BCUT2D eigenvalue weighted by Crippen LogP contribution is -2.48. The van der Waals surface area contributed by atoms with Crippen molar-refractivity contribution in [3.8, 4) is 5.75 Å². The fraction of sp³-hybridized carbons (Fsp3) is 0.611. The Morgan fingerprint density at radius 1 is 1.04 bits per heavy atom. The van der Waals surface area contributed by atoms with Crippen LogP contribution in [0.15, 0.2) is 47.4 Å². The van der Waals surface area contributed by atoms with Crippen molar-refractivity contribution < 1.29 is 32.6 Å². The molecule has 0 saturated heterocycles. The first-order valence-corrected chi connectivity index (χ1v) is 18.6. The van der Waals surface area contributed by atoms with Crippen LogP contribution in [-0.4, -0.2) is 86.7 Å². The molecule has 2 aromatic rings. The number of fused-ring (bicyclic) bond motifs is 1. The van der Waals surface area contributed by atoms with E-state index in [4.69, 9.17) is 9.47 Å². The van der Waals surface area contributed by atoms with Crippen molar-refractivity contribution in [3.05, 3.63) is 53.6 Å². The molecule has 0 radical (unpaired) electrons. The number of aliphatic hydroxyl groups excluding tert-OH is 1. The highest BCUT2D eigenvalue weighted by atomic mass is 32.2. The third kappa shape index (κ3) is 9.93. The summed E-state index contributed by atoms with van der Waals surface area (Å²) in [4.78, 5) is 31.2. The van der Waals surface area contributed by atoms with Gasteiger partial charge in [-0.15, -0.1) is 0 Å². The highest BCUT2D eigenvalue weighted by molar-refractivity contribution is 7.92. The second-order valence-corrected chi connectivity index (χ2v) is 15.2. The molecular formula is C36H53N3O7S. The predicted molar refractivity (Wildman–Crippen MR) is 183 cm³/mol. The second kappa shape index (κ2) is 16.8. The molecule has 1 saturated carbocycles.